The molecule has 1 aromatic rings. The molecule has 2 rings (SSSR count). The number of aryl methyl sites for hydroxylation is 1. The zero-order valence-corrected chi connectivity index (χ0v) is 11.5. The summed E-state index contributed by atoms with van der Waals surface area (Å²) in [6, 6.07) is 1.51. The highest BCUT2D eigenvalue weighted by molar-refractivity contribution is 5.78. The molecule has 0 aromatic carbocycles. The van der Waals surface area contributed by atoms with E-state index in [9.17, 15) is 9.59 Å². The van der Waals surface area contributed by atoms with E-state index in [1.165, 1.54) is 0 Å². The van der Waals surface area contributed by atoms with Crippen LogP contribution in [-0.2, 0) is 9.59 Å². The van der Waals surface area contributed by atoms with Gasteiger partial charge in [-0.15, -0.1) is 0 Å². The van der Waals surface area contributed by atoms with E-state index >= 15 is 0 Å². The average molecular weight is 282 g/mol. The largest absolute Gasteiger partial charge is 0.481 e. The molecule has 1 aromatic heterocycles. The van der Waals surface area contributed by atoms with Crippen molar-refractivity contribution in [2.24, 2.45) is 5.92 Å². The Hall–Kier alpha value is -2.05. The second kappa shape index (κ2) is 5.94. The van der Waals surface area contributed by atoms with Gasteiger partial charge in [0.05, 0.1) is 5.92 Å². The Balaban J connectivity index is 1.85. The Kier molecular flexibility index (Phi) is 4.26. The molecule has 1 aliphatic heterocycles. The fourth-order valence-corrected chi connectivity index (χ4v) is 2.40. The zero-order valence-electron chi connectivity index (χ0n) is 11.5. The van der Waals surface area contributed by atoms with E-state index in [-0.39, 0.29) is 30.4 Å². The maximum atomic E-state index is 12.1. The first kappa shape index (κ1) is 14.4. The third-order valence-corrected chi connectivity index (χ3v) is 3.50. The molecule has 1 amide bonds. The van der Waals surface area contributed by atoms with Crippen LogP contribution in [0.15, 0.2) is 10.6 Å². The molecule has 0 radical (unpaired) electrons. The molecular weight excluding hydrogens is 264 g/mol. The summed E-state index contributed by atoms with van der Waals surface area (Å²) in [5.41, 5.74) is 0. The molecule has 110 valence electrons. The topological polar surface area (TPSA) is 92.9 Å². The third-order valence-electron chi connectivity index (χ3n) is 3.50. The van der Waals surface area contributed by atoms with Crippen molar-refractivity contribution >= 4 is 11.9 Å². The van der Waals surface area contributed by atoms with Gasteiger partial charge >= 0.3 is 5.97 Å². The lowest BCUT2D eigenvalue weighted by Gasteiger charge is -2.36. The minimum absolute atomic E-state index is 0.0972. The summed E-state index contributed by atoms with van der Waals surface area (Å²) in [4.78, 5) is 24.7. The standard InChI is InChI=1S/C13H18N2O5/c1-8-5-10(13(17)18)3-4-15(8)12(16)7-19-11-6-9(2)20-14-11/h6,8,10H,3-5,7H2,1-2H3,(H,17,18). The lowest BCUT2D eigenvalue weighted by molar-refractivity contribution is -0.148. The number of hydrogen-bond acceptors (Lipinski definition) is 5. The number of aromatic nitrogens is 1. The summed E-state index contributed by atoms with van der Waals surface area (Å²) >= 11 is 0. The van der Waals surface area contributed by atoms with E-state index in [1.54, 1.807) is 17.9 Å². The number of amides is 1. The molecule has 1 saturated heterocycles. The van der Waals surface area contributed by atoms with Gasteiger partial charge in [0.15, 0.2) is 6.61 Å². The van der Waals surface area contributed by atoms with E-state index in [2.05, 4.69) is 5.16 Å². The first-order chi connectivity index (χ1) is 9.47. The zero-order chi connectivity index (χ0) is 14.7. The number of carbonyl (C=O) groups excluding carboxylic acids is 1. The molecule has 2 heterocycles. The molecule has 1 aliphatic rings. The monoisotopic (exact) mass is 282 g/mol. The summed E-state index contributed by atoms with van der Waals surface area (Å²) in [6.07, 6.45) is 0.957. The number of carboxylic acid groups (broad SMARTS) is 1. The molecule has 1 N–H and O–H groups in total. The second-order valence-electron chi connectivity index (χ2n) is 5.06. The van der Waals surface area contributed by atoms with Gasteiger partial charge in [-0.3, -0.25) is 9.59 Å². The third kappa shape index (κ3) is 3.28. The highest BCUT2D eigenvalue weighted by Crippen LogP contribution is 2.23. The van der Waals surface area contributed by atoms with Crippen molar-refractivity contribution in [2.75, 3.05) is 13.2 Å². The van der Waals surface area contributed by atoms with Crippen LogP contribution in [-0.4, -0.2) is 46.2 Å². The molecule has 0 saturated carbocycles. The summed E-state index contributed by atoms with van der Waals surface area (Å²) in [5.74, 6) is -0.430. The van der Waals surface area contributed by atoms with Gasteiger partial charge in [-0.05, 0) is 31.8 Å². The molecule has 20 heavy (non-hydrogen) atoms. The predicted molar refractivity (Wildman–Crippen MR) is 68.3 cm³/mol. The maximum absolute atomic E-state index is 12.1. The second-order valence-corrected chi connectivity index (χ2v) is 5.06. The molecule has 7 nitrogen and oxygen atoms in total. The Morgan fingerprint density at radius 3 is 2.90 bits per heavy atom. The normalized spacial score (nSPS) is 22.6. The Morgan fingerprint density at radius 1 is 1.60 bits per heavy atom. The van der Waals surface area contributed by atoms with Crippen LogP contribution in [0.4, 0.5) is 0 Å². The maximum Gasteiger partial charge on any atom is 0.306 e. The summed E-state index contributed by atoms with van der Waals surface area (Å²) in [6.45, 7) is 3.92. The van der Waals surface area contributed by atoms with E-state index in [0.717, 1.165) is 0 Å². The van der Waals surface area contributed by atoms with Crippen molar-refractivity contribution in [3.63, 3.8) is 0 Å². The van der Waals surface area contributed by atoms with Crippen LogP contribution in [0.25, 0.3) is 0 Å². The summed E-state index contributed by atoms with van der Waals surface area (Å²) in [7, 11) is 0. The van der Waals surface area contributed by atoms with Gasteiger partial charge in [0, 0.05) is 18.7 Å². The highest BCUT2D eigenvalue weighted by atomic mass is 16.5. The van der Waals surface area contributed by atoms with Crippen molar-refractivity contribution < 1.29 is 24.0 Å². The Labute approximate surface area is 116 Å². The molecule has 0 spiro atoms. The fourth-order valence-electron chi connectivity index (χ4n) is 2.40. The number of ether oxygens (including phenoxy) is 1. The van der Waals surface area contributed by atoms with Crippen molar-refractivity contribution in [3.05, 3.63) is 11.8 Å². The van der Waals surface area contributed by atoms with Crippen LogP contribution in [0.2, 0.25) is 0 Å². The van der Waals surface area contributed by atoms with Crippen LogP contribution in [0.5, 0.6) is 5.88 Å². The number of nitrogens with zero attached hydrogens (tertiary/aromatic N) is 2. The van der Waals surface area contributed by atoms with E-state index in [1.807, 2.05) is 6.92 Å². The highest BCUT2D eigenvalue weighted by Gasteiger charge is 2.32. The number of carboxylic acids is 1. The lowest BCUT2D eigenvalue weighted by atomic mass is 9.92. The van der Waals surface area contributed by atoms with Crippen molar-refractivity contribution in [1.82, 2.24) is 10.1 Å². The minimum atomic E-state index is -0.793. The molecule has 0 bridgehead atoms. The van der Waals surface area contributed by atoms with Crippen LogP contribution < -0.4 is 4.74 Å². The first-order valence-electron chi connectivity index (χ1n) is 6.55. The number of aliphatic carboxylic acids is 1. The van der Waals surface area contributed by atoms with Crippen molar-refractivity contribution in [1.29, 1.82) is 0 Å². The quantitative estimate of drug-likeness (QED) is 0.888. The van der Waals surface area contributed by atoms with Crippen LogP contribution in [0, 0.1) is 12.8 Å². The number of piperidine rings is 1. The van der Waals surface area contributed by atoms with Crippen LogP contribution in [0.1, 0.15) is 25.5 Å². The van der Waals surface area contributed by atoms with Gasteiger partial charge in [0.2, 0.25) is 0 Å². The molecular formula is C13H18N2O5. The number of carbonyl (C=O) groups is 2. The lowest BCUT2D eigenvalue weighted by Crippen LogP contribution is -2.47. The van der Waals surface area contributed by atoms with Crippen LogP contribution >= 0.6 is 0 Å². The molecule has 7 heteroatoms. The minimum Gasteiger partial charge on any atom is -0.481 e. The first-order valence-corrected chi connectivity index (χ1v) is 6.55. The van der Waals surface area contributed by atoms with Gasteiger partial charge in [0.25, 0.3) is 11.8 Å². The van der Waals surface area contributed by atoms with Gasteiger partial charge in [-0.25, -0.2) is 0 Å². The molecule has 2 atom stereocenters. The van der Waals surface area contributed by atoms with E-state index in [0.29, 0.717) is 25.1 Å². The van der Waals surface area contributed by atoms with Gasteiger partial charge < -0.3 is 19.3 Å². The van der Waals surface area contributed by atoms with Crippen molar-refractivity contribution in [2.45, 2.75) is 32.7 Å². The smallest absolute Gasteiger partial charge is 0.306 e. The van der Waals surface area contributed by atoms with Gasteiger partial charge in [-0.1, -0.05) is 0 Å². The number of rotatable bonds is 4. The fraction of sp³-hybridized carbons (Fsp3) is 0.615. The van der Waals surface area contributed by atoms with Crippen LogP contribution in [0.3, 0.4) is 0 Å². The Bertz CT molecular complexity index is 499. The Morgan fingerprint density at radius 2 is 2.35 bits per heavy atom. The number of likely N-dealkylation sites (tertiary alicyclic amines) is 1. The SMILES string of the molecule is Cc1cc(OCC(=O)N2CCC(C(=O)O)CC2C)no1. The molecule has 2 unspecified atom stereocenters. The number of hydrogen-bond donors (Lipinski definition) is 1. The van der Waals surface area contributed by atoms with E-state index in [4.69, 9.17) is 14.4 Å². The van der Waals surface area contributed by atoms with Crippen molar-refractivity contribution in [3.8, 4) is 5.88 Å². The summed E-state index contributed by atoms with van der Waals surface area (Å²) in [5, 5.41) is 12.6. The molecule has 1 fully saturated rings. The van der Waals surface area contributed by atoms with Gasteiger partial charge in [0.1, 0.15) is 5.76 Å². The average Bonchev–Trinajstić information content (AvgIpc) is 2.81. The van der Waals surface area contributed by atoms with E-state index < -0.39 is 5.97 Å². The summed E-state index contributed by atoms with van der Waals surface area (Å²) < 4.78 is 10.1. The van der Waals surface area contributed by atoms with Gasteiger partial charge in [-0.2, -0.15) is 0 Å². The predicted octanol–water partition coefficient (Wildman–Crippen LogP) is 1.07. The molecule has 0 aliphatic carbocycles.